The van der Waals surface area contributed by atoms with Crippen LogP contribution in [0.15, 0.2) is 29.3 Å². The Hall–Kier alpha value is -0.760. The van der Waals surface area contributed by atoms with Crippen molar-refractivity contribution in [1.29, 1.82) is 0 Å². The fraction of sp³-hybridized carbons (Fsp3) is 0.417. The van der Waals surface area contributed by atoms with E-state index in [-0.39, 0.29) is 0 Å². The summed E-state index contributed by atoms with van der Waals surface area (Å²) in [7, 11) is 0. The molecule has 76 valence electrons. The molecule has 0 unspecified atom stereocenters. The van der Waals surface area contributed by atoms with Gasteiger partial charge < -0.3 is 0 Å². The Morgan fingerprint density at radius 1 is 1.29 bits per heavy atom. The standard InChI is InChI=1S/C12H17NS/c1-9(2)14-11(4)13-12-8-6-5-7-10(12)3/h5-9H,1-4H3. The highest BCUT2D eigenvalue weighted by Crippen LogP contribution is 2.21. The van der Waals surface area contributed by atoms with Crippen molar-refractivity contribution in [3.8, 4) is 0 Å². The number of thioether (sulfide) groups is 1. The zero-order valence-corrected chi connectivity index (χ0v) is 10.1. The van der Waals surface area contributed by atoms with Gasteiger partial charge in [-0.1, -0.05) is 32.0 Å². The molecule has 0 heterocycles. The van der Waals surface area contributed by atoms with Gasteiger partial charge in [-0.2, -0.15) is 0 Å². The van der Waals surface area contributed by atoms with E-state index in [1.807, 2.05) is 23.9 Å². The molecule has 0 atom stereocenters. The SMILES string of the molecule is CC(=Nc1ccccc1C)SC(C)C. The third-order valence-corrected chi connectivity index (χ3v) is 2.70. The number of para-hydroxylation sites is 1. The minimum absolute atomic E-state index is 0.600. The average molecular weight is 207 g/mol. The molecule has 0 saturated carbocycles. The topological polar surface area (TPSA) is 12.4 Å². The normalized spacial score (nSPS) is 12.2. The lowest BCUT2D eigenvalue weighted by Crippen LogP contribution is -1.92. The molecule has 1 aromatic rings. The quantitative estimate of drug-likeness (QED) is 0.523. The minimum Gasteiger partial charge on any atom is -0.247 e. The lowest BCUT2D eigenvalue weighted by atomic mass is 10.2. The Kier molecular flexibility index (Phi) is 4.21. The number of hydrogen-bond acceptors (Lipinski definition) is 2. The minimum atomic E-state index is 0.600. The Labute approximate surface area is 90.6 Å². The Balaban J connectivity index is 2.81. The summed E-state index contributed by atoms with van der Waals surface area (Å²) < 4.78 is 0. The predicted molar refractivity (Wildman–Crippen MR) is 66.7 cm³/mol. The zero-order chi connectivity index (χ0) is 10.6. The van der Waals surface area contributed by atoms with Crippen LogP contribution in [0.1, 0.15) is 26.3 Å². The highest BCUT2D eigenvalue weighted by Gasteiger charge is 1.99. The van der Waals surface area contributed by atoms with E-state index >= 15 is 0 Å². The molecule has 2 heteroatoms. The van der Waals surface area contributed by atoms with Crippen molar-refractivity contribution in [1.82, 2.24) is 0 Å². The second-order valence-corrected chi connectivity index (χ2v) is 5.35. The van der Waals surface area contributed by atoms with Crippen LogP contribution in [0.5, 0.6) is 0 Å². The highest BCUT2D eigenvalue weighted by molar-refractivity contribution is 8.14. The lowest BCUT2D eigenvalue weighted by molar-refractivity contribution is 1.12. The Morgan fingerprint density at radius 2 is 1.93 bits per heavy atom. The summed E-state index contributed by atoms with van der Waals surface area (Å²) in [5.74, 6) is 0. The molecule has 0 radical (unpaired) electrons. The summed E-state index contributed by atoms with van der Waals surface area (Å²) in [6.45, 7) is 8.52. The van der Waals surface area contributed by atoms with Gasteiger partial charge in [0.1, 0.15) is 0 Å². The van der Waals surface area contributed by atoms with E-state index in [0.29, 0.717) is 5.25 Å². The summed E-state index contributed by atoms with van der Waals surface area (Å²) in [6, 6.07) is 8.21. The first kappa shape index (κ1) is 11.3. The molecule has 0 spiro atoms. The number of rotatable bonds is 2. The van der Waals surface area contributed by atoms with Crippen LogP contribution in [0.2, 0.25) is 0 Å². The van der Waals surface area contributed by atoms with Crippen LogP contribution in [0.4, 0.5) is 5.69 Å². The van der Waals surface area contributed by atoms with Gasteiger partial charge in [0.15, 0.2) is 0 Å². The van der Waals surface area contributed by atoms with E-state index in [9.17, 15) is 0 Å². The number of nitrogens with zero attached hydrogens (tertiary/aromatic N) is 1. The second-order valence-electron chi connectivity index (χ2n) is 3.58. The summed E-state index contributed by atoms with van der Waals surface area (Å²) in [5.41, 5.74) is 2.31. The second kappa shape index (κ2) is 5.20. The first-order valence-corrected chi connectivity index (χ1v) is 5.75. The third kappa shape index (κ3) is 3.54. The highest BCUT2D eigenvalue weighted by atomic mass is 32.2. The summed E-state index contributed by atoms with van der Waals surface area (Å²) in [5, 5.41) is 1.73. The lowest BCUT2D eigenvalue weighted by Gasteiger charge is -2.05. The molecule has 0 aliphatic carbocycles. The van der Waals surface area contributed by atoms with Crippen LogP contribution >= 0.6 is 11.8 Å². The molecule has 0 aromatic heterocycles. The van der Waals surface area contributed by atoms with Crippen LogP contribution in [0, 0.1) is 6.92 Å². The number of hydrogen-bond donors (Lipinski definition) is 0. The predicted octanol–water partition coefficient (Wildman–Crippen LogP) is 4.19. The summed E-state index contributed by atoms with van der Waals surface area (Å²) in [4.78, 5) is 4.58. The van der Waals surface area contributed by atoms with Crippen molar-refractivity contribution in [2.45, 2.75) is 32.9 Å². The maximum Gasteiger partial charge on any atom is 0.0710 e. The number of aliphatic imine (C=N–C) groups is 1. The van der Waals surface area contributed by atoms with E-state index in [1.54, 1.807) is 0 Å². The van der Waals surface area contributed by atoms with E-state index in [1.165, 1.54) is 5.56 Å². The fourth-order valence-electron chi connectivity index (χ4n) is 1.23. The smallest absolute Gasteiger partial charge is 0.0710 e. The van der Waals surface area contributed by atoms with Crippen molar-refractivity contribution in [2.75, 3.05) is 0 Å². The molecule has 0 bridgehead atoms. The van der Waals surface area contributed by atoms with Crippen LogP contribution in [0.25, 0.3) is 0 Å². The monoisotopic (exact) mass is 207 g/mol. The van der Waals surface area contributed by atoms with Crippen molar-refractivity contribution >= 4 is 22.5 Å². The van der Waals surface area contributed by atoms with Crippen LogP contribution in [0.3, 0.4) is 0 Å². The van der Waals surface area contributed by atoms with Gasteiger partial charge in [-0.3, -0.25) is 0 Å². The largest absolute Gasteiger partial charge is 0.247 e. The molecule has 0 saturated heterocycles. The number of benzene rings is 1. The maximum atomic E-state index is 4.58. The summed E-state index contributed by atoms with van der Waals surface area (Å²) in [6.07, 6.45) is 0. The Bertz CT molecular complexity index is 329. The van der Waals surface area contributed by atoms with E-state index < -0.39 is 0 Å². The third-order valence-electron chi connectivity index (χ3n) is 1.80. The molecular weight excluding hydrogens is 190 g/mol. The molecule has 0 N–H and O–H groups in total. The van der Waals surface area contributed by atoms with Gasteiger partial charge in [-0.05, 0) is 25.5 Å². The zero-order valence-electron chi connectivity index (χ0n) is 9.24. The van der Waals surface area contributed by atoms with Gasteiger partial charge in [0.2, 0.25) is 0 Å². The first-order chi connectivity index (χ1) is 6.59. The number of aryl methyl sites for hydroxylation is 1. The Morgan fingerprint density at radius 3 is 2.50 bits per heavy atom. The molecular formula is C12H17NS. The van der Waals surface area contributed by atoms with Gasteiger partial charge >= 0.3 is 0 Å². The van der Waals surface area contributed by atoms with Crippen molar-refractivity contribution < 1.29 is 0 Å². The van der Waals surface area contributed by atoms with Crippen molar-refractivity contribution in [3.05, 3.63) is 29.8 Å². The fourth-order valence-corrected chi connectivity index (χ4v) is 2.06. The van der Waals surface area contributed by atoms with Crippen molar-refractivity contribution in [3.63, 3.8) is 0 Å². The van der Waals surface area contributed by atoms with E-state index in [0.717, 1.165) is 10.7 Å². The van der Waals surface area contributed by atoms with Gasteiger partial charge in [-0.15, -0.1) is 11.8 Å². The van der Waals surface area contributed by atoms with E-state index in [4.69, 9.17) is 0 Å². The van der Waals surface area contributed by atoms with Crippen LogP contribution in [-0.2, 0) is 0 Å². The molecule has 1 nitrogen and oxygen atoms in total. The van der Waals surface area contributed by atoms with Gasteiger partial charge in [0, 0.05) is 5.25 Å². The first-order valence-electron chi connectivity index (χ1n) is 4.87. The summed E-state index contributed by atoms with van der Waals surface area (Å²) >= 11 is 1.81. The van der Waals surface area contributed by atoms with Gasteiger partial charge in [0.05, 0.1) is 10.7 Å². The van der Waals surface area contributed by atoms with Crippen LogP contribution in [-0.4, -0.2) is 10.3 Å². The molecule has 1 rings (SSSR count). The molecule has 0 fully saturated rings. The van der Waals surface area contributed by atoms with Gasteiger partial charge in [0.25, 0.3) is 0 Å². The molecule has 0 amide bonds. The molecule has 1 aromatic carbocycles. The molecule has 0 aliphatic rings. The van der Waals surface area contributed by atoms with Crippen molar-refractivity contribution in [2.24, 2.45) is 4.99 Å². The average Bonchev–Trinajstić information content (AvgIpc) is 2.07. The van der Waals surface area contributed by atoms with Gasteiger partial charge in [-0.25, -0.2) is 4.99 Å². The van der Waals surface area contributed by atoms with Crippen LogP contribution < -0.4 is 0 Å². The molecule has 0 aliphatic heterocycles. The molecule has 14 heavy (non-hydrogen) atoms. The maximum absolute atomic E-state index is 4.58. The van der Waals surface area contributed by atoms with E-state index in [2.05, 4.69) is 44.8 Å².